The standard InChI is InChI=1S/C18H28N2O3.ClH/c1-4-6-11-23-16-8-7-14(12-17(16)22-5-2)18(21)20(3)15-9-10-19-13-15;/h7-8,12,15,19H,4-6,9-11,13H2,1-3H3;1H. The molecular weight excluding hydrogens is 328 g/mol. The molecule has 6 heteroatoms. The average molecular weight is 357 g/mol. The molecule has 0 spiro atoms. The van der Waals surface area contributed by atoms with Crippen molar-refractivity contribution in [3.8, 4) is 11.5 Å². The molecule has 5 nitrogen and oxygen atoms in total. The number of nitrogens with zero attached hydrogens (tertiary/aromatic N) is 1. The summed E-state index contributed by atoms with van der Waals surface area (Å²) in [5.74, 6) is 1.38. The van der Waals surface area contributed by atoms with E-state index >= 15 is 0 Å². The second kappa shape index (κ2) is 10.4. The second-order valence-electron chi connectivity index (χ2n) is 5.86. The lowest BCUT2D eigenvalue weighted by Crippen LogP contribution is -2.38. The van der Waals surface area contributed by atoms with E-state index in [-0.39, 0.29) is 24.4 Å². The van der Waals surface area contributed by atoms with Crippen LogP contribution in [0.4, 0.5) is 0 Å². The number of amides is 1. The maximum absolute atomic E-state index is 12.7. The third-order valence-corrected chi connectivity index (χ3v) is 4.15. The molecule has 0 aliphatic carbocycles. The van der Waals surface area contributed by atoms with Gasteiger partial charge in [-0.25, -0.2) is 0 Å². The molecule has 0 radical (unpaired) electrons. The predicted molar refractivity (Wildman–Crippen MR) is 98.6 cm³/mol. The highest BCUT2D eigenvalue weighted by molar-refractivity contribution is 5.95. The van der Waals surface area contributed by atoms with Gasteiger partial charge in [-0.2, -0.15) is 0 Å². The van der Waals surface area contributed by atoms with Gasteiger partial charge in [0.2, 0.25) is 0 Å². The van der Waals surface area contributed by atoms with E-state index in [2.05, 4.69) is 12.2 Å². The van der Waals surface area contributed by atoms with Crippen LogP contribution in [-0.4, -0.2) is 50.2 Å². The predicted octanol–water partition coefficient (Wildman–Crippen LogP) is 3.12. The molecule has 0 aromatic heterocycles. The summed E-state index contributed by atoms with van der Waals surface area (Å²) in [6.45, 7) is 7.10. The van der Waals surface area contributed by atoms with E-state index < -0.39 is 0 Å². The molecule has 2 rings (SSSR count). The van der Waals surface area contributed by atoms with Crippen molar-refractivity contribution in [3.63, 3.8) is 0 Å². The fraction of sp³-hybridized carbons (Fsp3) is 0.611. The number of ether oxygens (including phenoxy) is 2. The minimum Gasteiger partial charge on any atom is -0.490 e. The van der Waals surface area contributed by atoms with Crippen molar-refractivity contribution in [1.29, 1.82) is 0 Å². The van der Waals surface area contributed by atoms with Crippen molar-refractivity contribution in [2.45, 2.75) is 39.2 Å². The molecule has 1 aromatic rings. The Morgan fingerprint density at radius 3 is 2.71 bits per heavy atom. The topological polar surface area (TPSA) is 50.8 Å². The summed E-state index contributed by atoms with van der Waals surface area (Å²) in [6, 6.07) is 5.73. The van der Waals surface area contributed by atoms with E-state index in [9.17, 15) is 4.79 Å². The Hall–Kier alpha value is -1.46. The minimum atomic E-state index is 0. The molecule has 24 heavy (non-hydrogen) atoms. The number of benzene rings is 1. The van der Waals surface area contributed by atoms with Crippen LogP contribution in [0.5, 0.6) is 11.5 Å². The number of carbonyl (C=O) groups excluding carboxylic acids is 1. The molecule has 136 valence electrons. The van der Waals surface area contributed by atoms with Gasteiger partial charge in [0, 0.05) is 25.2 Å². The first-order chi connectivity index (χ1) is 11.2. The molecule has 1 saturated heterocycles. The molecule has 1 aromatic carbocycles. The molecule has 0 bridgehead atoms. The first-order valence-electron chi connectivity index (χ1n) is 8.54. The molecule has 1 heterocycles. The van der Waals surface area contributed by atoms with Crippen LogP contribution < -0.4 is 14.8 Å². The molecule has 1 atom stereocenters. The summed E-state index contributed by atoms with van der Waals surface area (Å²) in [4.78, 5) is 14.5. The Morgan fingerprint density at radius 1 is 1.29 bits per heavy atom. The zero-order valence-corrected chi connectivity index (χ0v) is 15.7. The number of carbonyl (C=O) groups is 1. The Kier molecular flexibility index (Phi) is 8.93. The monoisotopic (exact) mass is 356 g/mol. The van der Waals surface area contributed by atoms with Crippen molar-refractivity contribution in [3.05, 3.63) is 23.8 Å². The highest BCUT2D eigenvalue weighted by Crippen LogP contribution is 2.29. The van der Waals surface area contributed by atoms with Gasteiger partial charge in [-0.3, -0.25) is 4.79 Å². The zero-order valence-electron chi connectivity index (χ0n) is 14.8. The van der Waals surface area contributed by atoms with E-state index in [1.165, 1.54) is 0 Å². The van der Waals surface area contributed by atoms with Gasteiger partial charge in [0.1, 0.15) is 0 Å². The Bertz CT molecular complexity index is 519. The SMILES string of the molecule is CCCCOc1ccc(C(=O)N(C)C2CCNC2)cc1OCC.Cl. The van der Waals surface area contributed by atoms with Crippen molar-refractivity contribution >= 4 is 18.3 Å². The number of hydrogen-bond donors (Lipinski definition) is 1. The van der Waals surface area contributed by atoms with Crippen LogP contribution in [0.2, 0.25) is 0 Å². The largest absolute Gasteiger partial charge is 0.490 e. The molecule has 1 amide bonds. The van der Waals surface area contributed by atoms with Gasteiger partial charge >= 0.3 is 0 Å². The highest BCUT2D eigenvalue weighted by Gasteiger charge is 2.24. The summed E-state index contributed by atoms with van der Waals surface area (Å²) in [6.07, 6.45) is 3.09. The maximum Gasteiger partial charge on any atom is 0.254 e. The van der Waals surface area contributed by atoms with Crippen LogP contribution in [0.1, 0.15) is 43.5 Å². The van der Waals surface area contributed by atoms with Gasteiger partial charge in [0.15, 0.2) is 11.5 Å². The smallest absolute Gasteiger partial charge is 0.254 e. The lowest BCUT2D eigenvalue weighted by molar-refractivity contribution is 0.0743. The third-order valence-electron chi connectivity index (χ3n) is 4.15. The van der Waals surface area contributed by atoms with Crippen molar-refractivity contribution < 1.29 is 14.3 Å². The lowest BCUT2D eigenvalue weighted by atomic mass is 10.1. The fourth-order valence-corrected chi connectivity index (χ4v) is 2.69. The molecular formula is C18H29ClN2O3. The number of unbranched alkanes of at least 4 members (excludes halogenated alkanes) is 1. The summed E-state index contributed by atoms with van der Waals surface area (Å²) in [5, 5.41) is 3.29. The van der Waals surface area contributed by atoms with Crippen LogP contribution in [0.25, 0.3) is 0 Å². The normalized spacial score (nSPS) is 16.4. The first-order valence-corrected chi connectivity index (χ1v) is 8.54. The van der Waals surface area contributed by atoms with E-state index in [4.69, 9.17) is 9.47 Å². The lowest BCUT2D eigenvalue weighted by Gasteiger charge is -2.24. The van der Waals surface area contributed by atoms with Gasteiger partial charge in [-0.1, -0.05) is 13.3 Å². The zero-order chi connectivity index (χ0) is 16.7. The molecule has 1 fully saturated rings. The molecule has 0 saturated carbocycles. The fourth-order valence-electron chi connectivity index (χ4n) is 2.69. The van der Waals surface area contributed by atoms with Crippen LogP contribution in [-0.2, 0) is 0 Å². The maximum atomic E-state index is 12.7. The third kappa shape index (κ3) is 5.28. The van der Waals surface area contributed by atoms with Crippen LogP contribution >= 0.6 is 12.4 Å². The van der Waals surface area contributed by atoms with Crippen molar-refractivity contribution in [2.24, 2.45) is 0 Å². The summed E-state index contributed by atoms with van der Waals surface area (Å²) < 4.78 is 11.4. The number of halogens is 1. The Labute approximate surface area is 151 Å². The quantitative estimate of drug-likeness (QED) is 0.727. The average Bonchev–Trinajstić information content (AvgIpc) is 3.09. The molecule has 1 N–H and O–H groups in total. The second-order valence-corrected chi connectivity index (χ2v) is 5.86. The first kappa shape index (κ1) is 20.6. The van der Waals surface area contributed by atoms with Gasteiger partial charge in [0.05, 0.1) is 13.2 Å². The van der Waals surface area contributed by atoms with E-state index in [0.29, 0.717) is 30.3 Å². The molecule has 1 aliphatic rings. The van der Waals surface area contributed by atoms with Crippen LogP contribution in [0.15, 0.2) is 18.2 Å². The number of nitrogens with one attached hydrogen (secondary N) is 1. The van der Waals surface area contributed by atoms with Gasteiger partial charge in [-0.05, 0) is 44.5 Å². The number of likely N-dealkylation sites (N-methyl/N-ethyl adjacent to an activating group) is 1. The summed E-state index contributed by atoms with van der Waals surface area (Å²) in [7, 11) is 1.87. The van der Waals surface area contributed by atoms with Crippen molar-refractivity contribution in [2.75, 3.05) is 33.4 Å². The Morgan fingerprint density at radius 2 is 2.08 bits per heavy atom. The summed E-state index contributed by atoms with van der Waals surface area (Å²) >= 11 is 0. The van der Waals surface area contributed by atoms with Crippen LogP contribution in [0, 0.1) is 0 Å². The van der Waals surface area contributed by atoms with Crippen LogP contribution in [0.3, 0.4) is 0 Å². The van der Waals surface area contributed by atoms with Gasteiger partial charge in [-0.15, -0.1) is 12.4 Å². The van der Waals surface area contributed by atoms with Gasteiger partial charge < -0.3 is 19.7 Å². The van der Waals surface area contributed by atoms with E-state index in [1.54, 1.807) is 6.07 Å². The molecule has 1 unspecified atom stereocenters. The summed E-state index contributed by atoms with van der Waals surface area (Å²) in [5.41, 5.74) is 0.644. The number of hydrogen-bond acceptors (Lipinski definition) is 4. The molecule has 1 aliphatic heterocycles. The number of rotatable bonds is 8. The van der Waals surface area contributed by atoms with Crippen molar-refractivity contribution in [1.82, 2.24) is 10.2 Å². The van der Waals surface area contributed by atoms with E-state index in [1.807, 2.05) is 31.0 Å². The van der Waals surface area contributed by atoms with E-state index in [0.717, 1.165) is 32.4 Å². The minimum absolute atomic E-state index is 0. The Balaban J connectivity index is 0.00000288. The van der Waals surface area contributed by atoms with Gasteiger partial charge in [0.25, 0.3) is 5.91 Å². The highest BCUT2D eigenvalue weighted by atomic mass is 35.5.